The minimum atomic E-state index is -2.19. The van der Waals surface area contributed by atoms with E-state index in [1.807, 2.05) is 0 Å². The number of aliphatic hydroxyl groups is 1. The summed E-state index contributed by atoms with van der Waals surface area (Å²) in [6.45, 7) is -0.127. The van der Waals surface area contributed by atoms with Crippen molar-refractivity contribution >= 4 is 23.4 Å². The van der Waals surface area contributed by atoms with Crippen LogP contribution in [0.4, 0.5) is 5.69 Å². The molecule has 34 heavy (non-hydrogen) atoms. The van der Waals surface area contributed by atoms with Crippen LogP contribution in [0.3, 0.4) is 0 Å². The van der Waals surface area contributed by atoms with Crippen LogP contribution in [-0.2, 0) is 10.4 Å². The molecule has 170 valence electrons. The van der Waals surface area contributed by atoms with Gasteiger partial charge in [0.05, 0.1) is 16.8 Å². The molecule has 0 fully saturated rings. The molecule has 0 aromatic heterocycles. The number of amides is 3. The van der Waals surface area contributed by atoms with Crippen LogP contribution in [0.15, 0.2) is 60.7 Å². The maximum Gasteiger partial charge on any atom is 0.268 e. The Hall–Kier alpha value is -4.37. The molecule has 0 saturated carbocycles. The molecule has 6 rings (SSSR count). The number of carbonyl (C=O) groups is 3. The summed E-state index contributed by atoms with van der Waals surface area (Å²) < 4.78 is 10.6. The van der Waals surface area contributed by atoms with Crippen molar-refractivity contribution in [3.63, 3.8) is 0 Å². The Balaban J connectivity index is 1.35. The number of para-hydroxylation sites is 1. The third-order valence-corrected chi connectivity index (χ3v) is 6.45. The Morgan fingerprint density at radius 1 is 0.794 bits per heavy atom. The van der Waals surface area contributed by atoms with Gasteiger partial charge in [-0.1, -0.05) is 30.3 Å². The van der Waals surface area contributed by atoms with E-state index in [4.69, 9.17) is 9.47 Å². The first kappa shape index (κ1) is 20.3. The standard InChI is InChI=1S/C25H18N2O7/c28-19-12-21-20(33-13-34-21)11-17(19)25(32)16-7-3-4-8-18(16)26(24(25)31)9-10-27-22(29)14-5-1-2-6-15(14)23(27)30/h1-8,11-12,28,32H,9-10,13H2. The number of carbonyl (C=O) groups excluding carboxylic acids is 3. The van der Waals surface area contributed by atoms with Crippen molar-refractivity contribution in [2.75, 3.05) is 24.8 Å². The smallest absolute Gasteiger partial charge is 0.268 e. The topological polar surface area (TPSA) is 117 Å². The molecule has 9 nitrogen and oxygen atoms in total. The van der Waals surface area contributed by atoms with Gasteiger partial charge in [-0.05, 0) is 24.3 Å². The number of phenols is 1. The number of anilines is 1. The van der Waals surface area contributed by atoms with Crippen molar-refractivity contribution < 1.29 is 34.1 Å². The number of aromatic hydroxyl groups is 1. The van der Waals surface area contributed by atoms with Gasteiger partial charge in [0.2, 0.25) is 12.4 Å². The molecule has 3 aliphatic heterocycles. The monoisotopic (exact) mass is 458 g/mol. The highest BCUT2D eigenvalue weighted by Gasteiger charge is 2.53. The average molecular weight is 458 g/mol. The molecule has 1 atom stereocenters. The number of imide groups is 1. The molecule has 0 saturated heterocycles. The van der Waals surface area contributed by atoms with Crippen LogP contribution in [0.5, 0.6) is 17.2 Å². The fraction of sp³-hybridized carbons (Fsp3) is 0.160. The van der Waals surface area contributed by atoms with Gasteiger partial charge in [0.25, 0.3) is 17.7 Å². The van der Waals surface area contributed by atoms with E-state index in [9.17, 15) is 24.6 Å². The predicted molar refractivity (Wildman–Crippen MR) is 118 cm³/mol. The van der Waals surface area contributed by atoms with Crippen molar-refractivity contribution in [1.82, 2.24) is 4.90 Å². The zero-order chi connectivity index (χ0) is 23.6. The number of nitrogens with zero attached hydrogens (tertiary/aromatic N) is 2. The van der Waals surface area contributed by atoms with Crippen LogP contribution < -0.4 is 14.4 Å². The first-order chi connectivity index (χ1) is 16.4. The summed E-state index contributed by atoms with van der Waals surface area (Å²) >= 11 is 0. The molecule has 3 aliphatic rings. The molecule has 9 heteroatoms. The second-order valence-corrected chi connectivity index (χ2v) is 8.21. The first-order valence-corrected chi connectivity index (χ1v) is 10.6. The lowest BCUT2D eigenvalue weighted by Crippen LogP contribution is -2.45. The van der Waals surface area contributed by atoms with Gasteiger partial charge in [0, 0.05) is 30.3 Å². The van der Waals surface area contributed by atoms with Crippen LogP contribution in [0, 0.1) is 0 Å². The SMILES string of the molecule is O=C1c2ccccc2C(=O)N1CCN1C(=O)C(O)(c2cc3c(cc2O)OCO3)c2ccccc21. The summed E-state index contributed by atoms with van der Waals surface area (Å²) in [5.41, 5.74) is -0.897. The van der Waals surface area contributed by atoms with Crippen molar-refractivity contribution in [2.24, 2.45) is 0 Å². The molecule has 3 amide bonds. The van der Waals surface area contributed by atoms with Crippen molar-refractivity contribution in [2.45, 2.75) is 5.60 Å². The quantitative estimate of drug-likeness (QED) is 0.575. The fourth-order valence-corrected chi connectivity index (χ4v) is 4.78. The van der Waals surface area contributed by atoms with Crippen molar-refractivity contribution in [3.05, 3.63) is 82.9 Å². The van der Waals surface area contributed by atoms with E-state index in [1.54, 1.807) is 48.5 Å². The molecular weight excluding hydrogens is 440 g/mol. The van der Waals surface area contributed by atoms with Gasteiger partial charge in [0.15, 0.2) is 11.5 Å². The summed E-state index contributed by atoms with van der Waals surface area (Å²) in [4.78, 5) is 41.5. The van der Waals surface area contributed by atoms with Crippen molar-refractivity contribution in [1.29, 1.82) is 0 Å². The van der Waals surface area contributed by atoms with E-state index in [2.05, 4.69) is 0 Å². The summed E-state index contributed by atoms with van der Waals surface area (Å²) in [5.74, 6) is -1.27. The average Bonchev–Trinajstić information content (AvgIpc) is 3.46. The van der Waals surface area contributed by atoms with E-state index < -0.39 is 23.3 Å². The summed E-state index contributed by atoms with van der Waals surface area (Å²) in [6, 6.07) is 15.9. The zero-order valence-corrected chi connectivity index (χ0v) is 17.7. The summed E-state index contributed by atoms with van der Waals surface area (Å²) in [6.07, 6.45) is 0. The molecule has 3 aromatic rings. The van der Waals surface area contributed by atoms with Gasteiger partial charge in [-0.3, -0.25) is 19.3 Å². The molecule has 0 aliphatic carbocycles. The van der Waals surface area contributed by atoms with Gasteiger partial charge in [-0.2, -0.15) is 0 Å². The minimum Gasteiger partial charge on any atom is -0.507 e. The van der Waals surface area contributed by atoms with E-state index >= 15 is 0 Å². The number of rotatable bonds is 4. The normalized spacial score (nSPS) is 20.2. The van der Waals surface area contributed by atoms with E-state index in [0.717, 1.165) is 4.90 Å². The highest BCUT2D eigenvalue weighted by atomic mass is 16.7. The number of hydrogen-bond acceptors (Lipinski definition) is 7. The Morgan fingerprint density at radius 3 is 2.09 bits per heavy atom. The second-order valence-electron chi connectivity index (χ2n) is 8.21. The van der Waals surface area contributed by atoms with Gasteiger partial charge in [-0.25, -0.2) is 0 Å². The molecule has 2 N–H and O–H groups in total. The largest absolute Gasteiger partial charge is 0.507 e. The van der Waals surface area contributed by atoms with Gasteiger partial charge in [-0.15, -0.1) is 0 Å². The van der Waals surface area contributed by atoms with E-state index in [1.165, 1.54) is 17.0 Å². The van der Waals surface area contributed by atoms with Gasteiger partial charge in [0.1, 0.15) is 5.75 Å². The number of benzene rings is 3. The molecule has 3 aromatic carbocycles. The fourth-order valence-electron chi connectivity index (χ4n) is 4.78. The number of hydrogen-bond donors (Lipinski definition) is 2. The molecular formula is C25H18N2O7. The highest BCUT2D eigenvalue weighted by Crippen LogP contribution is 2.50. The molecule has 3 heterocycles. The zero-order valence-electron chi connectivity index (χ0n) is 17.7. The van der Waals surface area contributed by atoms with Gasteiger partial charge >= 0.3 is 0 Å². The summed E-state index contributed by atoms with van der Waals surface area (Å²) in [7, 11) is 0. The Kier molecular flexibility index (Phi) is 4.21. The lowest BCUT2D eigenvalue weighted by Gasteiger charge is -2.25. The Labute approximate surface area is 193 Å². The maximum absolute atomic E-state index is 13.6. The first-order valence-electron chi connectivity index (χ1n) is 10.6. The van der Waals surface area contributed by atoms with Gasteiger partial charge < -0.3 is 24.6 Å². The molecule has 0 radical (unpaired) electrons. The summed E-state index contributed by atoms with van der Waals surface area (Å²) in [5, 5.41) is 22.3. The van der Waals surface area contributed by atoms with E-state index in [0.29, 0.717) is 28.3 Å². The number of ether oxygens (including phenoxy) is 2. The maximum atomic E-state index is 13.6. The third-order valence-electron chi connectivity index (χ3n) is 6.45. The third kappa shape index (κ3) is 2.61. The number of fused-ring (bicyclic) bond motifs is 3. The van der Waals surface area contributed by atoms with E-state index in [-0.39, 0.29) is 36.8 Å². The van der Waals surface area contributed by atoms with Crippen LogP contribution in [0.25, 0.3) is 0 Å². The predicted octanol–water partition coefficient (Wildman–Crippen LogP) is 2.00. The molecule has 0 spiro atoms. The van der Waals surface area contributed by atoms with Crippen LogP contribution >= 0.6 is 0 Å². The van der Waals surface area contributed by atoms with Crippen LogP contribution in [0.1, 0.15) is 31.8 Å². The lowest BCUT2D eigenvalue weighted by molar-refractivity contribution is -0.132. The Morgan fingerprint density at radius 2 is 1.38 bits per heavy atom. The van der Waals surface area contributed by atoms with Crippen LogP contribution in [0.2, 0.25) is 0 Å². The minimum absolute atomic E-state index is 0.0328. The molecule has 1 unspecified atom stereocenters. The van der Waals surface area contributed by atoms with Crippen LogP contribution in [-0.4, -0.2) is 52.7 Å². The molecule has 0 bridgehead atoms. The highest BCUT2D eigenvalue weighted by molar-refractivity contribution is 6.21. The van der Waals surface area contributed by atoms with Crippen molar-refractivity contribution in [3.8, 4) is 17.2 Å². The number of phenolic OH excluding ortho intramolecular Hbond substituents is 1. The Bertz CT molecular complexity index is 1370. The lowest BCUT2D eigenvalue weighted by atomic mass is 9.86. The second kappa shape index (κ2) is 7.06.